The van der Waals surface area contributed by atoms with Crippen LogP contribution in [0.3, 0.4) is 0 Å². The van der Waals surface area contributed by atoms with E-state index < -0.39 is 5.91 Å². The molecule has 0 spiro atoms. The number of hydrogen-bond donors (Lipinski definition) is 2. The number of amides is 1. The number of hydrogen-bond acceptors (Lipinski definition) is 8. The minimum Gasteiger partial charge on any atom is -0.378 e. The molecule has 0 aliphatic rings. The molecule has 3 aromatic rings. The molecule has 1 aromatic carbocycles. The molecule has 0 aliphatic carbocycles. The Bertz CT molecular complexity index is 961. The third-order valence-corrected chi connectivity index (χ3v) is 4.13. The van der Waals surface area contributed by atoms with Gasteiger partial charge >= 0.3 is 0 Å². The minimum absolute atomic E-state index is 0.0731. The van der Waals surface area contributed by atoms with Crippen molar-refractivity contribution >= 4 is 17.4 Å². The third-order valence-electron chi connectivity index (χ3n) is 4.13. The van der Waals surface area contributed by atoms with E-state index in [-0.39, 0.29) is 17.3 Å². The van der Waals surface area contributed by atoms with E-state index in [0.717, 1.165) is 25.0 Å². The number of carbonyl (C=O) groups excluding carboxylic acids is 1. The molecule has 2 aromatic heterocycles. The minimum atomic E-state index is -0.441. The highest BCUT2D eigenvalue weighted by Crippen LogP contribution is 2.17. The van der Waals surface area contributed by atoms with Crippen LogP contribution in [0, 0.1) is 0 Å². The molecular formula is C18H22N8O2. The lowest BCUT2D eigenvalue weighted by molar-refractivity contribution is 0.0948. The standard InChI is InChI=1S/C18H22N8O2/c1-3-7-14-15(21-25-26(14)17-16(19)23-28-24-17)18(27)22-20-12(2)10-11-13-8-5-4-6-9-13/h4-6,8-9H,3,7,10-11H2,1-2H3,(H2,19,23)(H,22,27)/b20-12-. The third kappa shape index (κ3) is 4.40. The van der Waals surface area contributed by atoms with Gasteiger partial charge < -0.3 is 5.73 Å². The largest absolute Gasteiger partial charge is 0.378 e. The number of carbonyl (C=O) groups is 1. The fourth-order valence-corrected chi connectivity index (χ4v) is 2.67. The zero-order valence-electron chi connectivity index (χ0n) is 15.8. The van der Waals surface area contributed by atoms with Crippen LogP contribution >= 0.6 is 0 Å². The van der Waals surface area contributed by atoms with Crippen molar-refractivity contribution in [2.45, 2.75) is 39.5 Å². The summed E-state index contributed by atoms with van der Waals surface area (Å²) in [6.07, 6.45) is 2.92. The molecule has 146 valence electrons. The zero-order chi connectivity index (χ0) is 19.9. The number of nitrogens with one attached hydrogen (secondary N) is 1. The Kier molecular flexibility index (Phi) is 6.10. The van der Waals surface area contributed by atoms with Gasteiger partial charge in [0.2, 0.25) is 11.6 Å². The van der Waals surface area contributed by atoms with Crippen molar-refractivity contribution in [3.8, 4) is 5.82 Å². The van der Waals surface area contributed by atoms with Crippen molar-refractivity contribution in [2.24, 2.45) is 5.10 Å². The highest BCUT2D eigenvalue weighted by molar-refractivity contribution is 5.94. The predicted octanol–water partition coefficient (Wildman–Crippen LogP) is 1.92. The van der Waals surface area contributed by atoms with E-state index in [1.165, 1.54) is 10.2 Å². The summed E-state index contributed by atoms with van der Waals surface area (Å²) in [5.74, 6) is -0.162. The second-order valence-electron chi connectivity index (χ2n) is 6.29. The van der Waals surface area contributed by atoms with Crippen LogP contribution in [0.2, 0.25) is 0 Å². The van der Waals surface area contributed by atoms with Crippen molar-refractivity contribution in [3.63, 3.8) is 0 Å². The SMILES string of the molecule is CCCc1c(C(=O)N/N=C(/C)CCc2ccccc2)nnn1-c1nonc1N. The Morgan fingerprint density at radius 2 is 2.04 bits per heavy atom. The number of anilines is 1. The first-order valence-corrected chi connectivity index (χ1v) is 9.00. The number of benzene rings is 1. The Labute approximate surface area is 161 Å². The first kappa shape index (κ1) is 19.2. The summed E-state index contributed by atoms with van der Waals surface area (Å²) in [6, 6.07) is 10.1. The quantitative estimate of drug-likeness (QED) is 0.448. The second kappa shape index (κ2) is 8.89. The van der Waals surface area contributed by atoms with Crippen LogP contribution in [0.1, 0.15) is 48.4 Å². The summed E-state index contributed by atoms with van der Waals surface area (Å²) in [7, 11) is 0. The molecule has 10 nitrogen and oxygen atoms in total. The molecule has 10 heteroatoms. The van der Waals surface area contributed by atoms with E-state index >= 15 is 0 Å². The second-order valence-corrected chi connectivity index (χ2v) is 6.29. The van der Waals surface area contributed by atoms with Gasteiger partial charge in [0, 0.05) is 5.71 Å². The maximum absolute atomic E-state index is 12.6. The molecule has 0 aliphatic heterocycles. The van der Waals surface area contributed by atoms with E-state index in [1.54, 1.807) is 0 Å². The van der Waals surface area contributed by atoms with Gasteiger partial charge in [-0.1, -0.05) is 48.9 Å². The van der Waals surface area contributed by atoms with Crippen LogP contribution in [-0.4, -0.2) is 36.9 Å². The topological polar surface area (TPSA) is 137 Å². The van der Waals surface area contributed by atoms with Gasteiger partial charge in [-0.15, -0.1) is 5.10 Å². The Morgan fingerprint density at radius 3 is 2.71 bits per heavy atom. The van der Waals surface area contributed by atoms with E-state index in [2.05, 4.69) is 47.9 Å². The summed E-state index contributed by atoms with van der Waals surface area (Å²) in [6.45, 7) is 3.85. The van der Waals surface area contributed by atoms with Gasteiger partial charge in [-0.2, -0.15) is 9.78 Å². The molecule has 0 saturated heterocycles. The van der Waals surface area contributed by atoms with Crippen molar-refractivity contribution in [3.05, 3.63) is 47.3 Å². The zero-order valence-corrected chi connectivity index (χ0v) is 15.8. The van der Waals surface area contributed by atoms with Gasteiger partial charge in [0.1, 0.15) is 0 Å². The summed E-state index contributed by atoms with van der Waals surface area (Å²) in [5.41, 5.74) is 11.0. The molecule has 1 amide bonds. The van der Waals surface area contributed by atoms with Crippen LogP contribution in [0.25, 0.3) is 5.82 Å². The molecule has 2 heterocycles. The number of hydrazone groups is 1. The number of nitrogen functional groups attached to an aromatic ring is 1. The number of aryl methyl sites for hydroxylation is 1. The normalized spacial score (nSPS) is 11.6. The number of rotatable bonds is 8. The molecule has 0 radical (unpaired) electrons. The molecule has 0 fully saturated rings. The lowest BCUT2D eigenvalue weighted by Crippen LogP contribution is -2.21. The summed E-state index contributed by atoms with van der Waals surface area (Å²) in [4.78, 5) is 12.6. The number of nitrogens with zero attached hydrogens (tertiary/aromatic N) is 6. The summed E-state index contributed by atoms with van der Waals surface area (Å²) >= 11 is 0. The Morgan fingerprint density at radius 1 is 1.25 bits per heavy atom. The molecule has 0 unspecified atom stereocenters. The smallest absolute Gasteiger partial charge is 0.293 e. The van der Waals surface area contributed by atoms with Gasteiger partial charge in [0.15, 0.2) is 5.69 Å². The van der Waals surface area contributed by atoms with Crippen LogP contribution < -0.4 is 11.2 Å². The van der Waals surface area contributed by atoms with Crippen LogP contribution in [0.4, 0.5) is 5.82 Å². The number of nitrogens with two attached hydrogens (primary N) is 1. The molecule has 0 saturated carbocycles. The van der Waals surface area contributed by atoms with E-state index in [4.69, 9.17) is 5.73 Å². The van der Waals surface area contributed by atoms with E-state index in [0.29, 0.717) is 12.1 Å². The van der Waals surface area contributed by atoms with E-state index in [1.807, 2.05) is 32.0 Å². The lowest BCUT2D eigenvalue weighted by Gasteiger charge is -2.05. The van der Waals surface area contributed by atoms with E-state index in [9.17, 15) is 4.79 Å². The fourth-order valence-electron chi connectivity index (χ4n) is 2.67. The molecule has 3 rings (SSSR count). The molecule has 28 heavy (non-hydrogen) atoms. The monoisotopic (exact) mass is 382 g/mol. The van der Waals surface area contributed by atoms with Crippen molar-refractivity contribution in [2.75, 3.05) is 5.73 Å². The fraction of sp³-hybridized carbons (Fsp3) is 0.333. The first-order valence-electron chi connectivity index (χ1n) is 9.00. The van der Waals surface area contributed by atoms with Gasteiger partial charge in [0.05, 0.1) is 5.69 Å². The van der Waals surface area contributed by atoms with Crippen molar-refractivity contribution in [1.29, 1.82) is 0 Å². The van der Waals surface area contributed by atoms with Crippen molar-refractivity contribution in [1.82, 2.24) is 30.7 Å². The average molecular weight is 382 g/mol. The maximum atomic E-state index is 12.6. The van der Waals surface area contributed by atoms with Gasteiger partial charge in [0.25, 0.3) is 5.91 Å². The highest BCUT2D eigenvalue weighted by atomic mass is 16.6. The Hall–Kier alpha value is -3.56. The predicted molar refractivity (Wildman–Crippen MR) is 103 cm³/mol. The highest BCUT2D eigenvalue weighted by Gasteiger charge is 2.23. The van der Waals surface area contributed by atoms with Crippen molar-refractivity contribution < 1.29 is 9.42 Å². The summed E-state index contributed by atoms with van der Waals surface area (Å²) in [5, 5.41) is 19.4. The van der Waals surface area contributed by atoms with Crippen LogP contribution in [-0.2, 0) is 12.8 Å². The van der Waals surface area contributed by atoms with Gasteiger partial charge in [-0.3, -0.25) is 4.79 Å². The van der Waals surface area contributed by atoms with Gasteiger partial charge in [-0.25, -0.2) is 10.1 Å². The Balaban J connectivity index is 1.70. The van der Waals surface area contributed by atoms with Crippen LogP contribution in [0.15, 0.2) is 40.1 Å². The average Bonchev–Trinajstić information content (AvgIpc) is 3.31. The summed E-state index contributed by atoms with van der Waals surface area (Å²) < 4.78 is 5.98. The molecule has 0 atom stereocenters. The molecule has 3 N–H and O–H groups in total. The lowest BCUT2D eigenvalue weighted by atomic mass is 10.1. The number of aromatic nitrogens is 5. The maximum Gasteiger partial charge on any atom is 0.293 e. The first-order chi connectivity index (χ1) is 13.6. The van der Waals surface area contributed by atoms with Crippen LogP contribution in [0.5, 0.6) is 0 Å². The molecule has 0 bridgehead atoms. The van der Waals surface area contributed by atoms with Gasteiger partial charge in [-0.05, 0) is 42.1 Å². The molecular weight excluding hydrogens is 360 g/mol.